The third-order valence-corrected chi connectivity index (χ3v) is 2.94. The monoisotopic (exact) mass is 342 g/mol. The van der Waals surface area contributed by atoms with Gasteiger partial charge in [-0.1, -0.05) is 28.1 Å². The second-order valence-corrected chi connectivity index (χ2v) is 5.99. The van der Waals surface area contributed by atoms with E-state index in [0.717, 1.165) is 5.56 Å². The van der Waals surface area contributed by atoms with Crippen molar-refractivity contribution in [3.63, 3.8) is 0 Å². The van der Waals surface area contributed by atoms with Crippen molar-refractivity contribution in [2.24, 2.45) is 0 Å². The van der Waals surface area contributed by atoms with E-state index < -0.39 is 11.6 Å². The molecule has 0 N–H and O–H groups in total. The Morgan fingerprint density at radius 1 is 1.25 bits per heavy atom. The molecule has 4 nitrogen and oxygen atoms in total. The van der Waals surface area contributed by atoms with E-state index in [1.165, 1.54) is 6.92 Å². The number of ether oxygens (including phenoxy) is 2. The van der Waals surface area contributed by atoms with Crippen molar-refractivity contribution < 1.29 is 19.1 Å². The van der Waals surface area contributed by atoms with Crippen LogP contribution >= 0.6 is 15.9 Å². The highest BCUT2D eigenvalue weighted by Gasteiger charge is 2.18. The number of rotatable bonds is 4. The molecular weight excluding hydrogens is 324 g/mol. The summed E-state index contributed by atoms with van der Waals surface area (Å²) in [5, 5.41) is 0.647. The zero-order chi connectivity index (χ0) is 15.3. The minimum absolute atomic E-state index is 0.0719. The maximum Gasteiger partial charge on any atom is 0.310 e. The maximum atomic E-state index is 11.8. The zero-order valence-electron chi connectivity index (χ0n) is 12.2. The molecule has 0 radical (unpaired) electrons. The van der Waals surface area contributed by atoms with Crippen LogP contribution in [0, 0.1) is 0 Å². The standard InChI is InChI=1S/C15H19BrO4/c1-10(17)19-13-7-11(9-16)5-6-12(13)8-14(18)20-15(2,3)4/h5-7H,8-9H2,1-4H3. The lowest BCUT2D eigenvalue weighted by atomic mass is 10.1. The van der Waals surface area contributed by atoms with Crippen LogP contribution in [-0.2, 0) is 26.1 Å². The van der Waals surface area contributed by atoms with E-state index in [2.05, 4.69) is 15.9 Å². The Kier molecular flexibility index (Phi) is 5.74. The van der Waals surface area contributed by atoms with Crippen molar-refractivity contribution in [1.29, 1.82) is 0 Å². The fraction of sp³-hybridized carbons (Fsp3) is 0.467. The van der Waals surface area contributed by atoms with Gasteiger partial charge in [-0.15, -0.1) is 0 Å². The van der Waals surface area contributed by atoms with E-state index in [0.29, 0.717) is 16.6 Å². The Hall–Kier alpha value is -1.36. The highest BCUT2D eigenvalue weighted by atomic mass is 79.9. The molecule has 0 fully saturated rings. The van der Waals surface area contributed by atoms with Crippen LogP contribution in [0.15, 0.2) is 18.2 Å². The molecule has 5 heteroatoms. The summed E-state index contributed by atoms with van der Waals surface area (Å²) in [5.74, 6) is -0.361. The molecule has 0 spiro atoms. The summed E-state index contributed by atoms with van der Waals surface area (Å²) in [6.45, 7) is 6.77. The molecule has 20 heavy (non-hydrogen) atoms. The molecule has 1 aromatic carbocycles. The van der Waals surface area contributed by atoms with E-state index in [1.54, 1.807) is 12.1 Å². The minimum Gasteiger partial charge on any atom is -0.460 e. The third kappa shape index (κ3) is 5.74. The third-order valence-electron chi connectivity index (χ3n) is 2.29. The lowest BCUT2D eigenvalue weighted by Crippen LogP contribution is -2.25. The summed E-state index contributed by atoms with van der Waals surface area (Å²) in [7, 11) is 0. The highest BCUT2D eigenvalue weighted by molar-refractivity contribution is 9.08. The van der Waals surface area contributed by atoms with E-state index >= 15 is 0 Å². The van der Waals surface area contributed by atoms with E-state index in [1.807, 2.05) is 26.8 Å². The Balaban J connectivity index is 2.93. The van der Waals surface area contributed by atoms with Crippen LogP contribution in [-0.4, -0.2) is 17.5 Å². The number of esters is 2. The van der Waals surface area contributed by atoms with Crippen LogP contribution in [0.25, 0.3) is 0 Å². The second kappa shape index (κ2) is 6.88. The number of carbonyl (C=O) groups is 2. The molecule has 1 rings (SSSR count). The van der Waals surface area contributed by atoms with Gasteiger partial charge in [0.25, 0.3) is 0 Å². The van der Waals surface area contributed by atoms with Gasteiger partial charge in [0.1, 0.15) is 11.4 Å². The van der Waals surface area contributed by atoms with Crippen LogP contribution in [0.4, 0.5) is 0 Å². The van der Waals surface area contributed by atoms with Crippen molar-refractivity contribution in [2.75, 3.05) is 0 Å². The summed E-state index contributed by atoms with van der Waals surface area (Å²) in [6, 6.07) is 5.40. The van der Waals surface area contributed by atoms with Crippen LogP contribution in [0.3, 0.4) is 0 Å². The van der Waals surface area contributed by atoms with Gasteiger partial charge in [0.05, 0.1) is 6.42 Å². The van der Waals surface area contributed by atoms with Gasteiger partial charge in [-0.3, -0.25) is 9.59 Å². The summed E-state index contributed by atoms with van der Waals surface area (Å²) in [6.07, 6.45) is 0.0719. The summed E-state index contributed by atoms with van der Waals surface area (Å²) < 4.78 is 10.4. The molecular formula is C15H19BrO4. The first kappa shape index (κ1) is 16.7. The molecule has 0 saturated carbocycles. The average molecular weight is 343 g/mol. The Bertz CT molecular complexity index is 503. The Morgan fingerprint density at radius 3 is 2.40 bits per heavy atom. The van der Waals surface area contributed by atoms with Crippen LogP contribution in [0.5, 0.6) is 5.75 Å². The van der Waals surface area contributed by atoms with Crippen molar-refractivity contribution >= 4 is 27.9 Å². The fourth-order valence-electron chi connectivity index (χ4n) is 1.61. The zero-order valence-corrected chi connectivity index (χ0v) is 13.7. The topological polar surface area (TPSA) is 52.6 Å². The lowest BCUT2D eigenvalue weighted by Gasteiger charge is -2.20. The van der Waals surface area contributed by atoms with Crippen molar-refractivity contribution in [3.8, 4) is 5.75 Å². The predicted octanol–water partition coefficient (Wildman–Crippen LogP) is 3.39. The van der Waals surface area contributed by atoms with Gasteiger partial charge in [0.2, 0.25) is 0 Å². The summed E-state index contributed by atoms with van der Waals surface area (Å²) >= 11 is 3.34. The molecule has 0 atom stereocenters. The van der Waals surface area contributed by atoms with Crippen LogP contribution in [0.1, 0.15) is 38.8 Å². The quantitative estimate of drug-likeness (QED) is 0.478. The molecule has 0 aromatic heterocycles. The fourth-order valence-corrected chi connectivity index (χ4v) is 1.96. The Labute approximate surface area is 127 Å². The largest absolute Gasteiger partial charge is 0.460 e. The first-order chi connectivity index (χ1) is 9.21. The van der Waals surface area contributed by atoms with Crippen LogP contribution < -0.4 is 4.74 Å². The number of halogens is 1. The van der Waals surface area contributed by atoms with Gasteiger partial charge in [-0.2, -0.15) is 0 Å². The van der Waals surface area contributed by atoms with E-state index in [-0.39, 0.29) is 12.4 Å². The van der Waals surface area contributed by atoms with E-state index in [9.17, 15) is 9.59 Å². The average Bonchev–Trinajstić information content (AvgIpc) is 2.28. The summed E-state index contributed by atoms with van der Waals surface area (Å²) in [5.41, 5.74) is 1.07. The number of hydrogen-bond acceptors (Lipinski definition) is 4. The minimum atomic E-state index is -0.533. The molecule has 0 aliphatic heterocycles. The van der Waals surface area contributed by atoms with Crippen molar-refractivity contribution in [1.82, 2.24) is 0 Å². The lowest BCUT2D eigenvalue weighted by molar-refractivity contribution is -0.154. The molecule has 0 unspecified atom stereocenters. The number of carbonyl (C=O) groups excluding carboxylic acids is 2. The van der Waals surface area contributed by atoms with Crippen molar-refractivity contribution in [2.45, 2.75) is 45.0 Å². The number of alkyl halides is 1. The van der Waals surface area contributed by atoms with E-state index in [4.69, 9.17) is 9.47 Å². The second-order valence-electron chi connectivity index (χ2n) is 5.43. The molecule has 0 amide bonds. The Morgan fingerprint density at radius 2 is 1.90 bits per heavy atom. The van der Waals surface area contributed by atoms with Gasteiger partial charge < -0.3 is 9.47 Å². The van der Waals surface area contributed by atoms with Gasteiger partial charge in [-0.05, 0) is 32.4 Å². The van der Waals surface area contributed by atoms with Crippen LogP contribution in [0.2, 0.25) is 0 Å². The molecule has 0 heterocycles. The molecule has 0 bridgehead atoms. The maximum absolute atomic E-state index is 11.8. The van der Waals surface area contributed by atoms with Gasteiger partial charge in [0.15, 0.2) is 0 Å². The normalized spacial score (nSPS) is 11.1. The summed E-state index contributed by atoms with van der Waals surface area (Å²) in [4.78, 5) is 23.0. The first-order valence-electron chi connectivity index (χ1n) is 6.29. The molecule has 0 aliphatic carbocycles. The van der Waals surface area contributed by atoms with Gasteiger partial charge >= 0.3 is 11.9 Å². The predicted molar refractivity (Wildman–Crippen MR) is 79.9 cm³/mol. The van der Waals surface area contributed by atoms with Crippen molar-refractivity contribution in [3.05, 3.63) is 29.3 Å². The smallest absolute Gasteiger partial charge is 0.310 e. The van der Waals surface area contributed by atoms with Gasteiger partial charge in [0, 0.05) is 17.8 Å². The first-order valence-corrected chi connectivity index (χ1v) is 7.41. The molecule has 1 aromatic rings. The molecule has 110 valence electrons. The van der Waals surface area contributed by atoms with Gasteiger partial charge in [-0.25, -0.2) is 0 Å². The number of benzene rings is 1. The molecule has 0 aliphatic rings. The SMILES string of the molecule is CC(=O)Oc1cc(CBr)ccc1CC(=O)OC(C)(C)C. The molecule has 0 saturated heterocycles. The highest BCUT2D eigenvalue weighted by Crippen LogP contribution is 2.23. The number of hydrogen-bond donors (Lipinski definition) is 0.